The third-order valence-electron chi connectivity index (χ3n) is 1.74. The summed E-state index contributed by atoms with van der Waals surface area (Å²) < 4.78 is 0. The summed E-state index contributed by atoms with van der Waals surface area (Å²) in [5.41, 5.74) is -0.0355. The number of hydrogen-bond acceptors (Lipinski definition) is 3. The predicted molar refractivity (Wildman–Crippen MR) is 75.5 cm³/mol. The lowest BCUT2D eigenvalue weighted by Crippen LogP contribution is -1.97. The molecule has 0 aliphatic rings. The first-order chi connectivity index (χ1) is 8.90. The zero-order valence-corrected chi connectivity index (χ0v) is 12.2. The second-order valence-electron chi connectivity index (χ2n) is 3.09. The highest BCUT2D eigenvalue weighted by atomic mass is 35.5. The second kappa shape index (κ2) is 7.50. The van der Waals surface area contributed by atoms with E-state index in [4.69, 9.17) is 51.5 Å². The van der Waals surface area contributed by atoms with Crippen molar-refractivity contribution in [1.29, 1.82) is 0 Å². The molecule has 0 amide bonds. The molecule has 4 nitrogen and oxygen atoms in total. The van der Waals surface area contributed by atoms with Gasteiger partial charge in [0.1, 0.15) is 10.3 Å². The van der Waals surface area contributed by atoms with Crippen LogP contribution in [0.2, 0.25) is 20.4 Å². The Labute approximate surface area is 128 Å². The van der Waals surface area contributed by atoms with Gasteiger partial charge in [0.25, 0.3) is 0 Å². The number of carboxylic acids is 1. The van der Waals surface area contributed by atoms with E-state index in [9.17, 15) is 4.79 Å². The molecule has 0 saturated carbocycles. The molecular weight excluding hydrogens is 334 g/mol. The quantitative estimate of drug-likeness (QED) is 0.778. The molecule has 0 aromatic carbocycles. The number of halogens is 4. The Kier molecular flexibility index (Phi) is 6.31. The van der Waals surface area contributed by atoms with Crippen LogP contribution in [0.15, 0.2) is 30.6 Å². The first kappa shape index (κ1) is 16.0. The van der Waals surface area contributed by atoms with Gasteiger partial charge in [0.15, 0.2) is 0 Å². The van der Waals surface area contributed by atoms with Crippen LogP contribution in [0.1, 0.15) is 10.4 Å². The number of aromatic carboxylic acids is 1. The molecule has 2 aromatic heterocycles. The first-order valence-electron chi connectivity index (χ1n) is 4.71. The molecule has 0 aliphatic heterocycles. The Balaban J connectivity index is 0.000000200. The smallest absolute Gasteiger partial charge is 0.337 e. The third kappa shape index (κ3) is 5.61. The van der Waals surface area contributed by atoms with Gasteiger partial charge in [-0.2, -0.15) is 0 Å². The number of nitrogens with zero attached hydrogens (tertiary/aromatic N) is 2. The number of carboxylic acid groups (broad SMARTS) is 1. The monoisotopic (exact) mass is 338 g/mol. The van der Waals surface area contributed by atoms with Gasteiger partial charge in [-0.3, -0.25) is 0 Å². The normalized spacial score (nSPS) is 9.47. The van der Waals surface area contributed by atoms with Gasteiger partial charge in [-0.15, -0.1) is 0 Å². The summed E-state index contributed by atoms with van der Waals surface area (Å²) in [6, 6.07) is 4.53. The Morgan fingerprint density at radius 3 is 2.05 bits per heavy atom. The molecule has 2 heterocycles. The van der Waals surface area contributed by atoms with Crippen LogP contribution in [0, 0.1) is 0 Å². The van der Waals surface area contributed by atoms with Gasteiger partial charge in [-0.25, -0.2) is 14.8 Å². The van der Waals surface area contributed by atoms with Crippen LogP contribution in [0.25, 0.3) is 0 Å². The number of hydrogen-bond donors (Lipinski definition) is 1. The van der Waals surface area contributed by atoms with Gasteiger partial charge < -0.3 is 5.11 Å². The third-order valence-corrected chi connectivity index (χ3v) is 2.70. The summed E-state index contributed by atoms with van der Waals surface area (Å²) in [6.45, 7) is 0. The van der Waals surface area contributed by atoms with Crippen LogP contribution >= 0.6 is 46.4 Å². The molecule has 0 saturated heterocycles. The Morgan fingerprint density at radius 2 is 1.63 bits per heavy atom. The molecule has 19 heavy (non-hydrogen) atoms. The van der Waals surface area contributed by atoms with Crippen LogP contribution in [-0.2, 0) is 0 Å². The molecule has 2 aromatic rings. The highest BCUT2D eigenvalue weighted by molar-refractivity contribution is 6.34. The Hall–Kier alpha value is -1.07. The van der Waals surface area contributed by atoms with Crippen LogP contribution in [0.3, 0.4) is 0 Å². The van der Waals surface area contributed by atoms with Crippen molar-refractivity contribution in [3.05, 3.63) is 56.5 Å². The van der Waals surface area contributed by atoms with Crippen molar-refractivity contribution in [2.75, 3.05) is 0 Å². The average molecular weight is 340 g/mol. The molecule has 0 unspecified atom stereocenters. The maximum atomic E-state index is 10.4. The van der Waals surface area contributed by atoms with Crippen molar-refractivity contribution in [3.8, 4) is 0 Å². The van der Waals surface area contributed by atoms with E-state index in [1.165, 1.54) is 18.5 Å². The molecule has 0 aliphatic carbocycles. The molecule has 0 fully saturated rings. The minimum Gasteiger partial charge on any atom is -0.478 e. The fourth-order valence-corrected chi connectivity index (χ4v) is 1.50. The lowest BCUT2D eigenvalue weighted by atomic mass is 10.3. The molecular formula is C11H6Cl4N2O2. The summed E-state index contributed by atoms with van der Waals surface area (Å²) in [5, 5.41) is 9.79. The number of rotatable bonds is 1. The predicted octanol–water partition coefficient (Wildman–Crippen LogP) is 4.48. The number of pyridine rings is 2. The van der Waals surface area contributed by atoms with Gasteiger partial charge in [0.2, 0.25) is 0 Å². The van der Waals surface area contributed by atoms with E-state index in [2.05, 4.69) is 9.97 Å². The summed E-state index contributed by atoms with van der Waals surface area (Å²) in [7, 11) is 0. The summed E-state index contributed by atoms with van der Waals surface area (Å²) in [4.78, 5) is 17.7. The molecule has 100 valence electrons. The van der Waals surface area contributed by atoms with Gasteiger partial charge >= 0.3 is 5.97 Å². The maximum absolute atomic E-state index is 10.4. The van der Waals surface area contributed by atoms with E-state index in [1.807, 2.05) is 0 Å². The molecule has 0 radical (unpaired) electrons. The fourth-order valence-electron chi connectivity index (χ4n) is 0.935. The molecule has 0 atom stereocenters. The van der Waals surface area contributed by atoms with Gasteiger partial charge in [0, 0.05) is 12.4 Å². The van der Waals surface area contributed by atoms with E-state index in [0.717, 1.165) is 0 Å². The topological polar surface area (TPSA) is 63.1 Å². The van der Waals surface area contributed by atoms with Crippen molar-refractivity contribution >= 4 is 52.4 Å². The van der Waals surface area contributed by atoms with Crippen molar-refractivity contribution in [2.24, 2.45) is 0 Å². The standard InChI is InChI=1S/C6H3Cl2NO2.C5H3Cl2N/c7-4-2-9-5(8)1-3(4)6(10)11;6-4-1-2-5(7)8-3-4/h1-2H,(H,10,11);1-3H. The van der Waals surface area contributed by atoms with Crippen molar-refractivity contribution in [3.63, 3.8) is 0 Å². The maximum Gasteiger partial charge on any atom is 0.337 e. The van der Waals surface area contributed by atoms with Crippen LogP contribution in [0.4, 0.5) is 0 Å². The van der Waals surface area contributed by atoms with E-state index in [0.29, 0.717) is 10.2 Å². The Bertz CT molecular complexity index is 554. The number of aromatic nitrogens is 2. The van der Waals surface area contributed by atoms with Crippen molar-refractivity contribution in [2.45, 2.75) is 0 Å². The highest BCUT2D eigenvalue weighted by Crippen LogP contribution is 2.17. The van der Waals surface area contributed by atoms with E-state index in [-0.39, 0.29) is 15.7 Å². The SMILES string of the molecule is Clc1ccc(Cl)nc1.O=C(O)c1cc(Cl)ncc1Cl. The fraction of sp³-hybridized carbons (Fsp3) is 0. The first-order valence-corrected chi connectivity index (χ1v) is 6.22. The lowest BCUT2D eigenvalue weighted by Gasteiger charge is -1.96. The molecule has 2 rings (SSSR count). The van der Waals surface area contributed by atoms with E-state index in [1.54, 1.807) is 12.1 Å². The van der Waals surface area contributed by atoms with Gasteiger partial charge in [-0.05, 0) is 18.2 Å². The average Bonchev–Trinajstić information content (AvgIpc) is 2.36. The minimum atomic E-state index is -1.11. The van der Waals surface area contributed by atoms with Crippen molar-refractivity contribution < 1.29 is 9.90 Å². The second-order valence-corrected chi connectivity index (χ2v) is 4.71. The minimum absolute atomic E-state index is 0.0355. The van der Waals surface area contributed by atoms with Crippen molar-refractivity contribution in [1.82, 2.24) is 9.97 Å². The lowest BCUT2D eigenvalue weighted by molar-refractivity contribution is 0.0697. The van der Waals surface area contributed by atoms with Crippen LogP contribution in [0.5, 0.6) is 0 Å². The largest absolute Gasteiger partial charge is 0.478 e. The van der Waals surface area contributed by atoms with Gasteiger partial charge in [-0.1, -0.05) is 46.4 Å². The Morgan fingerprint density at radius 1 is 1.00 bits per heavy atom. The van der Waals surface area contributed by atoms with E-state index >= 15 is 0 Å². The van der Waals surface area contributed by atoms with E-state index < -0.39 is 5.97 Å². The highest BCUT2D eigenvalue weighted by Gasteiger charge is 2.08. The molecule has 0 spiro atoms. The number of carbonyl (C=O) groups is 1. The molecule has 8 heteroatoms. The molecule has 0 bridgehead atoms. The summed E-state index contributed by atoms with van der Waals surface area (Å²) in [5.74, 6) is -1.11. The zero-order valence-electron chi connectivity index (χ0n) is 9.15. The van der Waals surface area contributed by atoms with Crippen LogP contribution < -0.4 is 0 Å². The zero-order chi connectivity index (χ0) is 14.4. The van der Waals surface area contributed by atoms with Crippen LogP contribution in [-0.4, -0.2) is 21.0 Å². The molecule has 1 N–H and O–H groups in total. The van der Waals surface area contributed by atoms with Gasteiger partial charge in [0.05, 0.1) is 15.6 Å². The summed E-state index contributed by atoms with van der Waals surface area (Å²) >= 11 is 21.8. The summed E-state index contributed by atoms with van der Waals surface area (Å²) in [6.07, 6.45) is 2.71.